The molecule has 208 valence electrons. The van der Waals surface area contributed by atoms with Gasteiger partial charge in [-0.05, 0) is 56.0 Å². The molecule has 4 heterocycles. The first-order chi connectivity index (χ1) is 19.3. The summed E-state index contributed by atoms with van der Waals surface area (Å²) in [6.07, 6.45) is 11.1. The lowest BCUT2D eigenvalue weighted by Gasteiger charge is -2.53. The van der Waals surface area contributed by atoms with Crippen LogP contribution < -0.4 is 0 Å². The average molecular weight is 547 g/mol. The smallest absolute Gasteiger partial charge is 0.410 e. The molecule has 0 atom stereocenters. The first-order valence-corrected chi connectivity index (χ1v) is 13.4. The molecule has 0 spiro atoms. The zero-order valence-corrected chi connectivity index (χ0v) is 22.7. The van der Waals surface area contributed by atoms with E-state index in [1.165, 1.54) is 0 Å². The molecule has 0 radical (unpaired) electrons. The number of hydrogen-bond donors (Lipinski definition) is 0. The summed E-state index contributed by atoms with van der Waals surface area (Å²) in [6, 6.07) is 7.72. The van der Waals surface area contributed by atoms with Gasteiger partial charge in [0.2, 0.25) is 0 Å². The van der Waals surface area contributed by atoms with Crippen molar-refractivity contribution in [3.8, 4) is 17.2 Å². The third-order valence-corrected chi connectivity index (χ3v) is 7.83. The summed E-state index contributed by atoms with van der Waals surface area (Å²) in [6.45, 7) is 6.26. The fraction of sp³-hybridized carbons (Fsp3) is 0.400. The van der Waals surface area contributed by atoms with E-state index in [1.807, 2.05) is 43.1 Å². The third kappa shape index (κ3) is 5.61. The zero-order chi connectivity index (χ0) is 28.3. The quantitative estimate of drug-likeness (QED) is 0.400. The molecule has 0 aliphatic carbocycles. The molecule has 40 heavy (non-hydrogen) atoms. The van der Waals surface area contributed by atoms with Crippen LogP contribution in [0.25, 0.3) is 17.2 Å². The molecule has 2 aliphatic rings. The van der Waals surface area contributed by atoms with E-state index >= 15 is 0 Å². The maximum absolute atomic E-state index is 13.4. The van der Waals surface area contributed by atoms with Crippen LogP contribution in [0, 0.1) is 29.9 Å². The maximum atomic E-state index is 13.4. The van der Waals surface area contributed by atoms with Crippen molar-refractivity contribution < 1.29 is 18.3 Å². The molecule has 1 aromatic carbocycles. The minimum absolute atomic E-state index is 0.183. The van der Waals surface area contributed by atoms with Crippen LogP contribution in [0.2, 0.25) is 0 Å². The lowest BCUT2D eigenvalue weighted by molar-refractivity contribution is -0.0426. The highest BCUT2D eigenvalue weighted by Crippen LogP contribution is 2.37. The molecule has 0 unspecified atom stereocenters. The molecule has 8 nitrogen and oxygen atoms in total. The standard InChI is InChI=1S/C30H32F2N6O2/c1-3-4-27-21(2)34-10-5-28(27)23-16-35-38(17-23)30(8-9-33)19-37(20-30)26-6-11-36(12-7-26)29(39)40-18-22-13-24(31)15-25(32)14-22/h3-5,10,13-17,26H,6-8,11-12,18-20H2,1-2H3/b4-3-. The number of halogens is 2. The van der Waals surface area contributed by atoms with Crippen LogP contribution in [0.5, 0.6) is 0 Å². The van der Waals surface area contributed by atoms with E-state index in [-0.39, 0.29) is 18.2 Å². The molecule has 2 fully saturated rings. The van der Waals surface area contributed by atoms with Crippen molar-refractivity contribution in [2.45, 2.75) is 51.3 Å². The molecule has 0 N–H and O–H groups in total. The van der Waals surface area contributed by atoms with E-state index in [4.69, 9.17) is 4.74 Å². The SMILES string of the molecule is C/C=C\c1c(-c2cnn(C3(CC#N)CN(C4CCN(C(=O)OCc5cc(F)cc(F)c5)CC4)C3)c2)ccnc1C. The van der Waals surface area contributed by atoms with Gasteiger partial charge >= 0.3 is 6.09 Å². The van der Waals surface area contributed by atoms with Crippen molar-refractivity contribution in [2.24, 2.45) is 0 Å². The normalized spacial score (nSPS) is 17.5. The summed E-state index contributed by atoms with van der Waals surface area (Å²) >= 11 is 0. The highest BCUT2D eigenvalue weighted by Gasteiger charge is 2.48. The number of carbonyl (C=O) groups is 1. The largest absolute Gasteiger partial charge is 0.445 e. The number of piperidine rings is 1. The Morgan fingerprint density at radius 2 is 1.95 bits per heavy atom. The number of hydrogen-bond acceptors (Lipinski definition) is 6. The second-order valence-electron chi connectivity index (χ2n) is 10.5. The molecule has 2 aromatic heterocycles. The second-order valence-corrected chi connectivity index (χ2v) is 10.5. The number of allylic oxidation sites excluding steroid dienone is 1. The van der Waals surface area contributed by atoms with Crippen LogP contribution in [0.1, 0.15) is 43.0 Å². The molecule has 0 bridgehead atoms. The molecule has 2 saturated heterocycles. The van der Waals surface area contributed by atoms with E-state index in [9.17, 15) is 18.8 Å². The van der Waals surface area contributed by atoms with Gasteiger partial charge in [-0.3, -0.25) is 14.6 Å². The highest BCUT2D eigenvalue weighted by molar-refractivity contribution is 5.75. The molecule has 1 amide bonds. The van der Waals surface area contributed by atoms with Gasteiger partial charge in [0.05, 0.1) is 18.7 Å². The van der Waals surface area contributed by atoms with Gasteiger partial charge in [0.25, 0.3) is 0 Å². The number of likely N-dealkylation sites (tertiary alicyclic amines) is 2. The number of rotatable bonds is 7. The Morgan fingerprint density at radius 3 is 2.62 bits per heavy atom. The minimum atomic E-state index is -0.703. The van der Waals surface area contributed by atoms with Crippen molar-refractivity contribution >= 4 is 12.2 Å². The van der Waals surface area contributed by atoms with Crippen LogP contribution >= 0.6 is 0 Å². The Bertz CT molecular complexity index is 1430. The number of carbonyl (C=O) groups excluding carboxylic acids is 1. The third-order valence-electron chi connectivity index (χ3n) is 7.83. The van der Waals surface area contributed by atoms with Gasteiger partial charge in [0.1, 0.15) is 23.8 Å². The molecule has 3 aromatic rings. The van der Waals surface area contributed by atoms with Crippen LogP contribution in [-0.4, -0.2) is 62.9 Å². The fourth-order valence-electron chi connectivity index (χ4n) is 5.72. The number of amides is 1. The Balaban J connectivity index is 1.18. The Morgan fingerprint density at radius 1 is 1.23 bits per heavy atom. The van der Waals surface area contributed by atoms with Gasteiger partial charge in [0, 0.05) is 67.5 Å². The van der Waals surface area contributed by atoms with Gasteiger partial charge < -0.3 is 9.64 Å². The van der Waals surface area contributed by atoms with E-state index in [0.717, 1.165) is 53.4 Å². The van der Waals surface area contributed by atoms with Crippen molar-refractivity contribution in [1.29, 1.82) is 5.26 Å². The van der Waals surface area contributed by atoms with Gasteiger partial charge in [-0.25, -0.2) is 13.6 Å². The van der Waals surface area contributed by atoms with E-state index in [1.54, 1.807) is 11.1 Å². The van der Waals surface area contributed by atoms with Crippen molar-refractivity contribution in [1.82, 2.24) is 24.6 Å². The second kappa shape index (κ2) is 11.6. The molecule has 0 saturated carbocycles. The lowest BCUT2D eigenvalue weighted by Crippen LogP contribution is -2.66. The summed E-state index contributed by atoms with van der Waals surface area (Å²) in [7, 11) is 0. The Labute approximate surface area is 232 Å². The zero-order valence-electron chi connectivity index (χ0n) is 22.7. The summed E-state index contributed by atoms with van der Waals surface area (Å²) in [4.78, 5) is 20.9. The minimum Gasteiger partial charge on any atom is -0.445 e. The predicted octanol–water partition coefficient (Wildman–Crippen LogP) is 5.29. The number of nitrogens with zero attached hydrogens (tertiary/aromatic N) is 6. The van der Waals surface area contributed by atoms with Crippen LogP contribution in [0.15, 0.2) is 48.9 Å². The summed E-state index contributed by atoms with van der Waals surface area (Å²) in [5.74, 6) is -1.41. The summed E-state index contributed by atoms with van der Waals surface area (Å²) in [5.41, 5.74) is 3.93. The number of ether oxygens (including phenoxy) is 1. The number of aromatic nitrogens is 3. The van der Waals surface area contributed by atoms with Crippen molar-refractivity contribution in [3.05, 3.63) is 77.4 Å². The van der Waals surface area contributed by atoms with E-state index < -0.39 is 23.3 Å². The molecule has 2 aliphatic heterocycles. The Hall–Kier alpha value is -4.10. The van der Waals surface area contributed by atoms with Gasteiger partial charge in [0.15, 0.2) is 0 Å². The van der Waals surface area contributed by atoms with Gasteiger partial charge in [-0.15, -0.1) is 0 Å². The first kappa shape index (κ1) is 27.5. The van der Waals surface area contributed by atoms with Crippen LogP contribution in [-0.2, 0) is 16.9 Å². The van der Waals surface area contributed by atoms with E-state index in [0.29, 0.717) is 32.6 Å². The maximum Gasteiger partial charge on any atom is 0.410 e. The van der Waals surface area contributed by atoms with Crippen molar-refractivity contribution in [3.63, 3.8) is 0 Å². The summed E-state index contributed by atoms with van der Waals surface area (Å²) < 4.78 is 34.0. The number of benzene rings is 1. The molecule has 10 heteroatoms. The Kier molecular flexibility index (Phi) is 7.94. The van der Waals surface area contributed by atoms with Crippen molar-refractivity contribution in [2.75, 3.05) is 26.2 Å². The van der Waals surface area contributed by atoms with E-state index in [2.05, 4.69) is 27.1 Å². The molecular formula is C30H32F2N6O2. The molecule has 5 rings (SSSR count). The fourth-order valence-corrected chi connectivity index (χ4v) is 5.72. The number of pyridine rings is 1. The molecular weight excluding hydrogens is 514 g/mol. The predicted molar refractivity (Wildman–Crippen MR) is 146 cm³/mol. The van der Waals surface area contributed by atoms with Crippen LogP contribution in [0.4, 0.5) is 13.6 Å². The number of nitriles is 1. The average Bonchev–Trinajstić information content (AvgIpc) is 3.40. The van der Waals surface area contributed by atoms with Gasteiger partial charge in [-0.1, -0.05) is 12.2 Å². The lowest BCUT2D eigenvalue weighted by atomic mass is 9.84. The monoisotopic (exact) mass is 546 g/mol. The first-order valence-electron chi connectivity index (χ1n) is 13.4. The van der Waals surface area contributed by atoms with Gasteiger partial charge in [-0.2, -0.15) is 10.4 Å². The highest BCUT2D eigenvalue weighted by atomic mass is 19.1. The number of aryl methyl sites for hydroxylation is 1. The van der Waals surface area contributed by atoms with Crippen LogP contribution in [0.3, 0.4) is 0 Å². The summed E-state index contributed by atoms with van der Waals surface area (Å²) in [5, 5.41) is 14.3. The topological polar surface area (TPSA) is 87.3 Å².